The van der Waals surface area contributed by atoms with E-state index in [0.717, 1.165) is 42.8 Å². The van der Waals surface area contributed by atoms with Crippen molar-refractivity contribution in [2.24, 2.45) is 0 Å². The first-order chi connectivity index (χ1) is 23.0. The molecule has 2 bridgehead atoms. The number of methoxy groups -OCH3 is 1. The van der Waals surface area contributed by atoms with Gasteiger partial charge < -0.3 is 19.1 Å². The van der Waals surface area contributed by atoms with Gasteiger partial charge in [-0.3, -0.25) is 14.5 Å². The highest BCUT2D eigenvalue weighted by molar-refractivity contribution is 5.92. The van der Waals surface area contributed by atoms with Crippen LogP contribution >= 0.6 is 0 Å². The number of piperidine rings is 1. The van der Waals surface area contributed by atoms with Gasteiger partial charge in [-0.15, -0.1) is 0 Å². The number of alkyl halides is 3. The molecule has 1 saturated carbocycles. The Balaban J connectivity index is 1.25. The van der Waals surface area contributed by atoms with Crippen molar-refractivity contribution in [1.82, 2.24) is 9.80 Å². The SMILES string of the molecule is COc1ccc2c3c1OC1C(N(C)C(=O)/C=C/c4cccc(C(F)(F)F)c4)CC[C@@]4(OC(C)=O)[C@@H](C2)N(CCc2ccccc2)CC[C@]314. The molecule has 1 spiro atoms. The summed E-state index contributed by atoms with van der Waals surface area (Å²) in [4.78, 5) is 30.8. The third-order valence-electron chi connectivity index (χ3n) is 11.0. The summed E-state index contributed by atoms with van der Waals surface area (Å²) < 4.78 is 59.1. The largest absolute Gasteiger partial charge is 0.493 e. The van der Waals surface area contributed by atoms with Crippen LogP contribution in [0, 0.1) is 0 Å². The van der Waals surface area contributed by atoms with E-state index in [9.17, 15) is 22.8 Å². The summed E-state index contributed by atoms with van der Waals surface area (Å²) >= 11 is 0. The molecule has 2 aliphatic heterocycles. The fourth-order valence-electron chi connectivity index (χ4n) is 9.04. The van der Waals surface area contributed by atoms with Crippen LogP contribution in [0.25, 0.3) is 6.08 Å². The van der Waals surface area contributed by atoms with Gasteiger partial charge >= 0.3 is 12.1 Å². The van der Waals surface area contributed by atoms with Gasteiger partial charge in [-0.1, -0.05) is 48.5 Å². The molecule has 1 amide bonds. The van der Waals surface area contributed by atoms with Crippen molar-refractivity contribution in [3.05, 3.63) is 101 Å². The number of carbonyl (C=O) groups excluding carboxylic acids is 2. The number of likely N-dealkylation sites (tertiary alicyclic amines) is 1. The average molecular weight is 661 g/mol. The number of rotatable bonds is 8. The minimum atomic E-state index is -4.48. The molecule has 5 atom stereocenters. The summed E-state index contributed by atoms with van der Waals surface area (Å²) in [6.07, 6.45) is 0.932. The Morgan fingerprint density at radius 1 is 1.08 bits per heavy atom. The van der Waals surface area contributed by atoms with Crippen molar-refractivity contribution in [2.75, 3.05) is 27.2 Å². The van der Waals surface area contributed by atoms with Crippen LogP contribution in [0.1, 0.15) is 54.0 Å². The van der Waals surface area contributed by atoms with Gasteiger partial charge in [-0.05, 0) is 79.6 Å². The van der Waals surface area contributed by atoms with Crippen LogP contribution in [0.3, 0.4) is 0 Å². The number of amides is 1. The van der Waals surface area contributed by atoms with Gasteiger partial charge in [0.1, 0.15) is 11.7 Å². The molecule has 2 heterocycles. The van der Waals surface area contributed by atoms with Crippen molar-refractivity contribution in [2.45, 2.75) is 74.4 Å². The maximum Gasteiger partial charge on any atom is 0.416 e. The predicted octanol–water partition coefficient (Wildman–Crippen LogP) is 6.22. The molecule has 2 unspecified atom stereocenters. The Bertz CT molecular complexity index is 1760. The molecule has 1 saturated heterocycles. The lowest BCUT2D eigenvalue weighted by molar-refractivity contribution is -0.223. The lowest BCUT2D eigenvalue weighted by Crippen LogP contribution is -2.79. The van der Waals surface area contributed by atoms with E-state index in [0.29, 0.717) is 37.2 Å². The molecule has 3 aromatic carbocycles. The average Bonchev–Trinajstić information content (AvgIpc) is 3.42. The van der Waals surface area contributed by atoms with E-state index in [-0.39, 0.29) is 23.5 Å². The number of hydrogen-bond donors (Lipinski definition) is 0. The molecule has 10 heteroatoms. The van der Waals surface area contributed by atoms with Crippen molar-refractivity contribution < 1.29 is 37.0 Å². The Labute approximate surface area is 278 Å². The van der Waals surface area contributed by atoms with E-state index < -0.39 is 34.9 Å². The molecule has 3 aromatic rings. The summed E-state index contributed by atoms with van der Waals surface area (Å²) in [5.41, 5.74) is 1.26. The number of benzene rings is 3. The molecule has 0 aromatic heterocycles. The minimum Gasteiger partial charge on any atom is -0.493 e. The van der Waals surface area contributed by atoms with E-state index >= 15 is 0 Å². The molecular weight excluding hydrogens is 621 g/mol. The van der Waals surface area contributed by atoms with E-state index in [2.05, 4.69) is 23.1 Å². The Morgan fingerprint density at radius 3 is 2.60 bits per heavy atom. The first kappa shape index (κ1) is 32.2. The summed E-state index contributed by atoms with van der Waals surface area (Å²) in [5.74, 6) is 0.527. The van der Waals surface area contributed by atoms with Gasteiger partial charge in [0.25, 0.3) is 0 Å². The van der Waals surface area contributed by atoms with E-state index in [4.69, 9.17) is 14.2 Å². The van der Waals surface area contributed by atoms with Gasteiger partial charge in [-0.25, -0.2) is 0 Å². The van der Waals surface area contributed by atoms with Gasteiger partial charge in [-0.2, -0.15) is 13.2 Å². The number of hydrogen-bond acceptors (Lipinski definition) is 6. The Hall–Kier alpha value is -4.31. The topological polar surface area (TPSA) is 68.3 Å². The molecule has 7 rings (SSSR count). The van der Waals surface area contributed by atoms with Crippen LogP contribution in [0.15, 0.2) is 72.8 Å². The number of carbonyl (C=O) groups is 2. The number of ether oxygens (including phenoxy) is 3. The summed E-state index contributed by atoms with van der Waals surface area (Å²) in [6.45, 7) is 3.03. The van der Waals surface area contributed by atoms with Crippen LogP contribution in [-0.4, -0.2) is 72.7 Å². The molecule has 0 radical (unpaired) electrons. The smallest absolute Gasteiger partial charge is 0.416 e. The lowest BCUT2D eigenvalue weighted by Gasteiger charge is -2.65. The normalized spacial score (nSPS) is 27.2. The Morgan fingerprint density at radius 2 is 1.88 bits per heavy atom. The Kier molecular flexibility index (Phi) is 8.05. The highest BCUT2D eigenvalue weighted by atomic mass is 19.4. The van der Waals surface area contributed by atoms with Crippen molar-refractivity contribution in [1.29, 1.82) is 0 Å². The van der Waals surface area contributed by atoms with Crippen molar-refractivity contribution in [3.63, 3.8) is 0 Å². The molecule has 7 nitrogen and oxygen atoms in total. The standard InChI is InChI=1S/C38H39F3N2O5/c1-24(44)48-37-18-16-29(42(2)32(45)15-12-26-10-7-11-28(22-26)38(39,40)41)35-36(37)19-21-43(20-17-25-8-5-4-6-9-25)31(37)23-27-13-14-30(46-3)34(47-35)33(27)36/h4-15,22,29,31,35H,16-21,23H2,1-3H3/b15-12+/t29?,31-,35?,36+,37-/m1/s1. The second-order valence-corrected chi connectivity index (χ2v) is 13.4. The number of halogens is 3. The third-order valence-corrected chi connectivity index (χ3v) is 11.0. The molecule has 4 aliphatic rings. The molecule has 2 fully saturated rings. The predicted molar refractivity (Wildman–Crippen MR) is 174 cm³/mol. The second kappa shape index (κ2) is 12.0. The lowest BCUT2D eigenvalue weighted by atomic mass is 9.48. The van der Waals surface area contributed by atoms with E-state index in [1.54, 1.807) is 19.1 Å². The highest BCUT2D eigenvalue weighted by Gasteiger charge is 2.75. The molecule has 48 heavy (non-hydrogen) atoms. The summed E-state index contributed by atoms with van der Waals surface area (Å²) in [5, 5.41) is 0. The first-order valence-corrected chi connectivity index (χ1v) is 16.5. The van der Waals surface area contributed by atoms with E-state index in [1.807, 2.05) is 24.3 Å². The first-order valence-electron chi connectivity index (χ1n) is 16.5. The fourth-order valence-corrected chi connectivity index (χ4v) is 9.04. The summed E-state index contributed by atoms with van der Waals surface area (Å²) in [6, 6.07) is 18.8. The second-order valence-electron chi connectivity index (χ2n) is 13.4. The maximum absolute atomic E-state index is 13.7. The van der Waals surface area contributed by atoms with Gasteiger partial charge in [0.2, 0.25) is 5.91 Å². The van der Waals surface area contributed by atoms with Crippen molar-refractivity contribution >= 4 is 18.0 Å². The van der Waals surface area contributed by atoms with Gasteiger partial charge in [0.05, 0.1) is 30.2 Å². The van der Waals surface area contributed by atoms with Crippen molar-refractivity contribution in [3.8, 4) is 11.5 Å². The van der Waals surface area contributed by atoms with Gasteiger partial charge in [0, 0.05) is 32.2 Å². The number of likely N-dealkylation sites (N-methyl/N-ethyl adjacent to an activating group) is 1. The molecule has 252 valence electrons. The molecular formula is C38H39F3N2O5. The zero-order chi connectivity index (χ0) is 33.8. The highest BCUT2D eigenvalue weighted by Crippen LogP contribution is 2.67. The van der Waals surface area contributed by atoms with Gasteiger partial charge in [0.15, 0.2) is 11.5 Å². The maximum atomic E-state index is 13.7. The van der Waals surface area contributed by atoms with Crippen LogP contribution in [0.4, 0.5) is 13.2 Å². The third kappa shape index (κ3) is 5.07. The zero-order valence-corrected chi connectivity index (χ0v) is 27.3. The quantitative estimate of drug-likeness (QED) is 0.211. The van der Waals surface area contributed by atoms with Crippen LogP contribution in [0.2, 0.25) is 0 Å². The fraction of sp³-hybridized carbons (Fsp3) is 0.421. The molecule has 2 aliphatic carbocycles. The molecule has 0 N–H and O–H groups in total. The number of nitrogens with zero attached hydrogens (tertiary/aromatic N) is 2. The summed E-state index contributed by atoms with van der Waals surface area (Å²) in [7, 11) is 3.31. The zero-order valence-electron chi connectivity index (χ0n) is 27.3. The monoisotopic (exact) mass is 660 g/mol. The van der Waals surface area contributed by atoms with Crippen LogP contribution in [-0.2, 0) is 38.8 Å². The van der Waals surface area contributed by atoms with Crippen LogP contribution < -0.4 is 9.47 Å². The minimum absolute atomic E-state index is 0.0976. The van der Waals surface area contributed by atoms with Crippen LogP contribution in [0.5, 0.6) is 11.5 Å². The number of esters is 1. The van der Waals surface area contributed by atoms with E-state index in [1.165, 1.54) is 36.8 Å².